The van der Waals surface area contributed by atoms with Crippen molar-refractivity contribution in [2.45, 2.75) is 39.0 Å². The molecule has 0 saturated carbocycles. The van der Waals surface area contributed by atoms with Gasteiger partial charge in [-0.05, 0) is 36.5 Å². The second kappa shape index (κ2) is 6.46. The number of hydrogen-bond donors (Lipinski definition) is 1. The molecule has 21 heavy (non-hydrogen) atoms. The molecule has 0 fully saturated rings. The van der Waals surface area contributed by atoms with Gasteiger partial charge in [-0.25, -0.2) is 18.4 Å². The largest absolute Gasteiger partial charge is 0.462 e. The predicted molar refractivity (Wildman–Crippen MR) is 84.6 cm³/mol. The molecule has 7 heteroatoms. The minimum atomic E-state index is -3.89. The average Bonchev–Trinajstić information content (AvgIpc) is 2.29. The Bertz CT molecular complexity index is 648. The summed E-state index contributed by atoms with van der Waals surface area (Å²) in [5.74, 6) is -0.565. The maximum atomic E-state index is 12.0. The molecule has 0 amide bonds. The molecule has 0 atom stereocenters. The van der Waals surface area contributed by atoms with Gasteiger partial charge in [0, 0.05) is 4.47 Å². The van der Waals surface area contributed by atoms with E-state index in [1.807, 2.05) is 20.8 Å². The summed E-state index contributed by atoms with van der Waals surface area (Å²) in [5.41, 5.74) is 0.675. The zero-order valence-electron chi connectivity index (χ0n) is 12.6. The number of esters is 1. The van der Waals surface area contributed by atoms with E-state index in [-0.39, 0.29) is 22.5 Å². The Morgan fingerprint density at radius 3 is 2.38 bits per heavy atom. The van der Waals surface area contributed by atoms with Gasteiger partial charge in [0.2, 0.25) is 10.0 Å². The van der Waals surface area contributed by atoms with E-state index in [1.54, 1.807) is 6.92 Å². The minimum Gasteiger partial charge on any atom is -0.462 e. The van der Waals surface area contributed by atoms with E-state index in [4.69, 9.17) is 9.88 Å². The van der Waals surface area contributed by atoms with Crippen molar-refractivity contribution in [2.24, 2.45) is 10.6 Å². The van der Waals surface area contributed by atoms with Gasteiger partial charge in [-0.2, -0.15) is 0 Å². The van der Waals surface area contributed by atoms with E-state index in [9.17, 15) is 13.2 Å². The number of benzene rings is 1. The van der Waals surface area contributed by atoms with Gasteiger partial charge in [0.05, 0.1) is 17.1 Å². The summed E-state index contributed by atoms with van der Waals surface area (Å²) in [4.78, 5) is 11.9. The van der Waals surface area contributed by atoms with E-state index in [0.29, 0.717) is 16.5 Å². The molecular formula is C14H20BrNO4S. The Hall–Kier alpha value is -0.920. The van der Waals surface area contributed by atoms with Crippen LogP contribution in [0.5, 0.6) is 0 Å². The first-order valence-corrected chi connectivity index (χ1v) is 8.76. The highest BCUT2D eigenvalue weighted by molar-refractivity contribution is 9.10. The van der Waals surface area contributed by atoms with E-state index in [0.717, 1.165) is 0 Å². The Kier molecular flexibility index (Phi) is 5.57. The molecule has 118 valence electrons. The van der Waals surface area contributed by atoms with Crippen molar-refractivity contribution >= 4 is 31.9 Å². The molecule has 1 rings (SSSR count). The molecule has 0 saturated heterocycles. The Morgan fingerprint density at radius 2 is 1.90 bits per heavy atom. The lowest BCUT2D eigenvalue weighted by atomic mass is 9.93. The van der Waals surface area contributed by atoms with Crippen LogP contribution in [0, 0.1) is 12.3 Å². The first kappa shape index (κ1) is 18.1. The lowest BCUT2D eigenvalue weighted by Crippen LogP contribution is -2.17. The highest BCUT2D eigenvalue weighted by Crippen LogP contribution is 2.26. The first-order valence-electron chi connectivity index (χ1n) is 6.42. The Labute approximate surface area is 134 Å². The quantitative estimate of drug-likeness (QED) is 0.816. The molecular weight excluding hydrogens is 358 g/mol. The van der Waals surface area contributed by atoms with Gasteiger partial charge in [0.1, 0.15) is 0 Å². The highest BCUT2D eigenvalue weighted by Gasteiger charge is 2.19. The fourth-order valence-electron chi connectivity index (χ4n) is 1.60. The van der Waals surface area contributed by atoms with Gasteiger partial charge in [0.25, 0.3) is 0 Å². The number of hydrogen-bond acceptors (Lipinski definition) is 4. The molecule has 0 spiro atoms. The maximum absolute atomic E-state index is 12.0. The molecule has 2 N–H and O–H groups in total. The third-order valence-electron chi connectivity index (χ3n) is 2.92. The second-order valence-electron chi connectivity index (χ2n) is 6.07. The van der Waals surface area contributed by atoms with Gasteiger partial charge in [-0.3, -0.25) is 0 Å². The molecule has 0 bridgehead atoms. The molecule has 0 aliphatic heterocycles. The van der Waals surface area contributed by atoms with Gasteiger partial charge < -0.3 is 4.74 Å². The summed E-state index contributed by atoms with van der Waals surface area (Å²) >= 11 is 3.23. The lowest BCUT2D eigenvalue weighted by Gasteiger charge is -2.17. The number of halogens is 1. The van der Waals surface area contributed by atoms with Crippen molar-refractivity contribution in [3.63, 3.8) is 0 Å². The standard InChI is InChI=1S/C14H20BrNO4S/c1-9-11(15)7-10(8-12(9)21(16,18)19)13(17)20-6-5-14(2,3)4/h7-8H,5-6H2,1-4H3,(H2,16,18,19). The van der Waals surface area contributed by atoms with Crippen LogP contribution in [0.4, 0.5) is 0 Å². The number of carbonyl (C=O) groups is 1. The zero-order chi connectivity index (χ0) is 16.4. The SMILES string of the molecule is Cc1c(Br)cc(C(=O)OCCC(C)(C)C)cc1S(N)(=O)=O. The topological polar surface area (TPSA) is 86.5 Å². The summed E-state index contributed by atoms with van der Waals surface area (Å²) in [6, 6.07) is 2.78. The second-order valence-corrected chi connectivity index (χ2v) is 8.46. The van der Waals surface area contributed by atoms with Crippen molar-refractivity contribution in [1.29, 1.82) is 0 Å². The molecule has 0 radical (unpaired) electrons. The number of ether oxygens (including phenoxy) is 1. The van der Waals surface area contributed by atoms with Crippen molar-refractivity contribution in [3.8, 4) is 0 Å². The van der Waals surface area contributed by atoms with Crippen molar-refractivity contribution in [1.82, 2.24) is 0 Å². The van der Waals surface area contributed by atoms with Crippen molar-refractivity contribution < 1.29 is 17.9 Å². The van der Waals surface area contributed by atoms with Crippen molar-refractivity contribution in [3.05, 3.63) is 27.7 Å². The van der Waals surface area contributed by atoms with Crippen molar-refractivity contribution in [2.75, 3.05) is 6.61 Å². The summed E-state index contributed by atoms with van der Waals surface area (Å²) in [7, 11) is -3.89. The van der Waals surface area contributed by atoms with Crippen LogP contribution in [0.25, 0.3) is 0 Å². The van der Waals surface area contributed by atoms with Crippen LogP contribution in [0.3, 0.4) is 0 Å². The molecule has 0 aliphatic rings. The zero-order valence-corrected chi connectivity index (χ0v) is 15.0. The molecule has 0 heterocycles. The Balaban J connectivity index is 2.99. The van der Waals surface area contributed by atoms with E-state index in [1.165, 1.54) is 12.1 Å². The molecule has 1 aromatic carbocycles. The summed E-state index contributed by atoms with van der Waals surface area (Å²) in [6.45, 7) is 8.02. The molecule has 1 aromatic rings. The predicted octanol–water partition coefficient (Wildman–Crippen LogP) is 3.00. The van der Waals surface area contributed by atoms with Crippen LogP contribution in [0.1, 0.15) is 43.1 Å². The highest BCUT2D eigenvalue weighted by atomic mass is 79.9. The summed E-state index contributed by atoms with van der Waals surface area (Å²) in [6.07, 6.45) is 0.716. The minimum absolute atomic E-state index is 0.0555. The Morgan fingerprint density at radius 1 is 1.33 bits per heavy atom. The number of sulfonamides is 1. The van der Waals surface area contributed by atoms with Gasteiger partial charge >= 0.3 is 5.97 Å². The normalized spacial score (nSPS) is 12.3. The van der Waals surface area contributed by atoms with Gasteiger partial charge in [0.15, 0.2) is 0 Å². The lowest BCUT2D eigenvalue weighted by molar-refractivity contribution is 0.0464. The third-order valence-corrected chi connectivity index (χ3v) is 4.78. The monoisotopic (exact) mass is 377 g/mol. The fourth-order valence-corrected chi connectivity index (χ4v) is 3.02. The summed E-state index contributed by atoms with van der Waals surface area (Å²) in [5, 5.41) is 5.15. The first-order chi connectivity index (χ1) is 9.42. The van der Waals surface area contributed by atoms with E-state index < -0.39 is 16.0 Å². The molecule has 5 nitrogen and oxygen atoms in total. The van der Waals surface area contributed by atoms with E-state index in [2.05, 4.69) is 15.9 Å². The molecule has 0 unspecified atom stereocenters. The smallest absolute Gasteiger partial charge is 0.338 e. The molecule has 0 aromatic heterocycles. The van der Waals surface area contributed by atoms with Crippen LogP contribution in [0.15, 0.2) is 21.5 Å². The molecule has 0 aliphatic carbocycles. The van der Waals surface area contributed by atoms with Gasteiger partial charge in [-0.1, -0.05) is 36.7 Å². The average molecular weight is 378 g/mol. The van der Waals surface area contributed by atoms with E-state index >= 15 is 0 Å². The number of rotatable bonds is 4. The third kappa shape index (κ3) is 5.41. The number of nitrogens with two attached hydrogens (primary N) is 1. The van der Waals surface area contributed by atoms with Crippen LogP contribution < -0.4 is 5.14 Å². The van der Waals surface area contributed by atoms with Crippen LogP contribution in [-0.4, -0.2) is 21.0 Å². The van der Waals surface area contributed by atoms with Crippen LogP contribution in [-0.2, 0) is 14.8 Å². The number of primary sulfonamides is 1. The number of carbonyl (C=O) groups excluding carboxylic acids is 1. The fraction of sp³-hybridized carbons (Fsp3) is 0.500. The maximum Gasteiger partial charge on any atom is 0.338 e. The van der Waals surface area contributed by atoms with Gasteiger partial charge in [-0.15, -0.1) is 0 Å². The van der Waals surface area contributed by atoms with Crippen LogP contribution >= 0.6 is 15.9 Å². The summed E-state index contributed by atoms with van der Waals surface area (Å²) < 4.78 is 28.7. The van der Waals surface area contributed by atoms with Crippen LogP contribution in [0.2, 0.25) is 0 Å².